The molecule has 6 aromatic carbocycles. The van der Waals surface area contributed by atoms with Gasteiger partial charge in [0.15, 0.2) is 0 Å². The number of anilines is 1. The van der Waals surface area contributed by atoms with Crippen molar-refractivity contribution in [2.24, 2.45) is 4.99 Å². The topological polar surface area (TPSA) is 50.7 Å². The standard InChI is InChI=1S/C36H26N2O2/c39-35(37-27-15-5-2-6-16-27)30-21-19-24-11-7-9-17-28(24)33(30)34-29-18-10-8-12-25(29)20-22-31(34)36-38-32(23-40-36)26-13-3-1-4-14-26/h1-22,32H,23H2,(H,37,39)/t32-/m1/s1. The van der Waals surface area contributed by atoms with Gasteiger partial charge in [0.05, 0.1) is 0 Å². The number of nitrogens with zero attached hydrogens (tertiary/aromatic N) is 1. The summed E-state index contributed by atoms with van der Waals surface area (Å²) in [5, 5.41) is 7.28. The van der Waals surface area contributed by atoms with Crippen LogP contribution < -0.4 is 5.32 Å². The highest BCUT2D eigenvalue weighted by Gasteiger charge is 2.27. The number of benzene rings is 6. The number of para-hydroxylation sites is 1. The molecule has 0 saturated carbocycles. The summed E-state index contributed by atoms with van der Waals surface area (Å²) in [6, 6.07) is 44.3. The second kappa shape index (κ2) is 10.2. The average Bonchev–Trinajstić information content (AvgIpc) is 3.51. The van der Waals surface area contributed by atoms with Crippen LogP contribution in [0.5, 0.6) is 0 Å². The molecule has 1 aliphatic rings. The van der Waals surface area contributed by atoms with E-state index in [-0.39, 0.29) is 11.9 Å². The van der Waals surface area contributed by atoms with Crippen LogP contribution in [0, 0.1) is 0 Å². The number of hydrogen-bond donors (Lipinski definition) is 1. The minimum atomic E-state index is -0.165. The lowest BCUT2D eigenvalue weighted by Crippen LogP contribution is -2.14. The SMILES string of the molecule is O=C(Nc1ccccc1)c1ccc2ccccc2c1-c1c(C2=N[C@@H](c3ccccc3)CO2)ccc2ccccc12. The predicted molar refractivity (Wildman–Crippen MR) is 163 cm³/mol. The summed E-state index contributed by atoms with van der Waals surface area (Å²) in [6.45, 7) is 0.475. The molecule has 1 heterocycles. The molecule has 0 fully saturated rings. The quantitative estimate of drug-likeness (QED) is 0.249. The fourth-order valence-corrected chi connectivity index (χ4v) is 5.54. The zero-order valence-corrected chi connectivity index (χ0v) is 21.7. The van der Waals surface area contributed by atoms with Crippen LogP contribution in [0.15, 0.2) is 138 Å². The number of amides is 1. The lowest BCUT2D eigenvalue weighted by atomic mass is 9.86. The minimum absolute atomic E-state index is 0.0797. The molecule has 6 aromatic rings. The molecule has 7 rings (SSSR count). The Hall–Kier alpha value is -5.22. The molecule has 1 N–H and O–H groups in total. The molecular weight excluding hydrogens is 492 g/mol. The smallest absolute Gasteiger partial charge is 0.256 e. The maximum Gasteiger partial charge on any atom is 0.256 e. The first-order valence-corrected chi connectivity index (χ1v) is 13.4. The van der Waals surface area contributed by atoms with E-state index in [1.54, 1.807) is 0 Å². The van der Waals surface area contributed by atoms with Gasteiger partial charge >= 0.3 is 0 Å². The summed E-state index contributed by atoms with van der Waals surface area (Å²) < 4.78 is 6.27. The van der Waals surface area contributed by atoms with Crippen LogP contribution in [0.3, 0.4) is 0 Å². The maximum absolute atomic E-state index is 13.9. The molecule has 40 heavy (non-hydrogen) atoms. The molecule has 0 radical (unpaired) electrons. The Kier molecular flexibility index (Phi) is 6.06. The fourth-order valence-electron chi connectivity index (χ4n) is 5.54. The number of carbonyl (C=O) groups is 1. The van der Waals surface area contributed by atoms with Crippen LogP contribution in [0.1, 0.15) is 27.5 Å². The molecule has 1 amide bonds. The maximum atomic E-state index is 13.9. The summed E-state index contributed by atoms with van der Waals surface area (Å²) in [5.74, 6) is 0.430. The number of ether oxygens (including phenoxy) is 1. The van der Waals surface area contributed by atoms with Crippen LogP contribution in [0.2, 0.25) is 0 Å². The average molecular weight is 519 g/mol. The van der Waals surface area contributed by atoms with E-state index in [1.807, 2.05) is 84.9 Å². The van der Waals surface area contributed by atoms with Crippen LogP contribution in [0.4, 0.5) is 5.69 Å². The monoisotopic (exact) mass is 518 g/mol. The molecule has 0 spiro atoms. The van der Waals surface area contributed by atoms with E-state index >= 15 is 0 Å². The number of rotatable bonds is 5. The highest BCUT2D eigenvalue weighted by Crippen LogP contribution is 2.41. The predicted octanol–water partition coefficient (Wildman–Crippen LogP) is 8.43. The van der Waals surface area contributed by atoms with Crippen molar-refractivity contribution in [3.05, 3.63) is 150 Å². The molecule has 0 saturated heterocycles. The number of hydrogen-bond acceptors (Lipinski definition) is 3. The van der Waals surface area contributed by atoms with Gasteiger partial charge in [0.25, 0.3) is 5.91 Å². The van der Waals surface area contributed by atoms with Crippen molar-refractivity contribution in [2.45, 2.75) is 6.04 Å². The summed E-state index contributed by atoms with van der Waals surface area (Å²) in [4.78, 5) is 18.9. The van der Waals surface area contributed by atoms with Crippen LogP contribution >= 0.6 is 0 Å². The molecule has 0 aliphatic carbocycles. The van der Waals surface area contributed by atoms with Gasteiger partial charge in [0, 0.05) is 27.9 Å². The van der Waals surface area contributed by atoms with Crippen LogP contribution in [0.25, 0.3) is 32.7 Å². The molecular formula is C36H26N2O2. The molecule has 4 nitrogen and oxygen atoms in total. The van der Waals surface area contributed by atoms with Crippen molar-refractivity contribution in [2.75, 3.05) is 11.9 Å². The van der Waals surface area contributed by atoms with Gasteiger partial charge in [0.2, 0.25) is 5.90 Å². The zero-order valence-electron chi connectivity index (χ0n) is 21.7. The highest BCUT2D eigenvalue weighted by atomic mass is 16.5. The van der Waals surface area contributed by atoms with Crippen molar-refractivity contribution in [1.29, 1.82) is 0 Å². The molecule has 0 aromatic heterocycles. The number of carbonyl (C=O) groups excluding carboxylic acids is 1. The molecule has 1 atom stereocenters. The Balaban J connectivity index is 1.48. The molecule has 0 unspecified atom stereocenters. The first-order valence-electron chi connectivity index (χ1n) is 13.4. The second-order valence-corrected chi connectivity index (χ2v) is 9.91. The van der Waals surface area contributed by atoms with Gasteiger partial charge in [-0.15, -0.1) is 0 Å². The second-order valence-electron chi connectivity index (χ2n) is 9.91. The van der Waals surface area contributed by atoms with Gasteiger partial charge in [-0.25, -0.2) is 4.99 Å². The molecule has 4 heteroatoms. The Bertz CT molecular complexity index is 1900. The van der Waals surface area contributed by atoms with E-state index in [0.717, 1.165) is 49.5 Å². The minimum Gasteiger partial charge on any atom is -0.475 e. The summed E-state index contributed by atoms with van der Waals surface area (Å²) in [7, 11) is 0. The van der Waals surface area contributed by atoms with Crippen molar-refractivity contribution >= 4 is 39.0 Å². The number of fused-ring (bicyclic) bond motifs is 2. The number of aliphatic imine (C=N–C) groups is 1. The third kappa shape index (κ3) is 4.30. The van der Waals surface area contributed by atoms with E-state index in [9.17, 15) is 4.79 Å². The third-order valence-corrected chi connectivity index (χ3v) is 7.45. The van der Waals surface area contributed by atoms with E-state index < -0.39 is 0 Å². The van der Waals surface area contributed by atoms with Crippen molar-refractivity contribution in [3.63, 3.8) is 0 Å². The third-order valence-electron chi connectivity index (χ3n) is 7.45. The zero-order chi connectivity index (χ0) is 26.9. The van der Waals surface area contributed by atoms with Gasteiger partial charge in [-0.2, -0.15) is 0 Å². The Morgan fingerprint density at radius 2 is 1.25 bits per heavy atom. The van der Waals surface area contributed by atoms with Crippen molar-refractivity contribution in [3.8, 4) is 11.1 Å². The summed E-state index contributed by atoms with van der Waals surface area (Å²) in [6.07, 6.45) is 0. The summed E-state index contributed by atoms with van der Waals surface area (Å²) >= 11 is 0. The van der Waals surface area contributed by atoms with Gasteiger partial charge in [-0.1, -0.05) is 109 Å². The van der Waals surface area contributed by atoms with E-state index in [1.165, 1.54) is 0 Å². The Morgan fingerprint density at radius 1 is 0.650 bits per heavy atom. The van der Waals surface area contributed by atoms with Gasteiger partial charge in [-0.05, 0) is 51.4 Å². The Morgan fingerprint density at radius 3 is 1.98 bits per heavy atom. The van der Waals surface area contributed by atoms with E-state index in [4.69, 9.17) is 9.73 Å². The Labute approximate surface area is 232 Å². The van der Waals surface area contributed by atoms with E-state index in [2.05, 4.69) is 53.8 Å². The normalized spacial score (nSPS) is 14.6. The van der Waals surface area contributed by atoms with Crippen LogP contribution in [-0.4, -0.2) is 18.4 Å². The highest BCUT2D eigenvalue weighted by molar-refractivity contribution is 6.20. The summed E-state index contributed by atoms with van der Waals surface area (Å²) in [5.41, 5.74) is 5.15. The van der Waals surface area contributed by atoms with Crippen molar-refractivity contribution in [1.82, 2.24) is 0 Å². The molecule has 0 bridgehead atoms. The van der Waals surface area contributed by atoms with Crippen LogP contribution in [-0.2, 0) is 4.74 Å². The largest absolute Gasteiger partial charge is 0.475 e. The first kappa shape index (κ1) is 23.9. The molecule has 192 valence electrons. The first-order chi connectivity index (χ1) is 19.8. The van der Waals surface area contributed by atoms with E-state index in [0.29, 0.717) is 18.1 Å². The van der Waals surface area contributed by atoms with Crippen molar-refractivity contribution < 1.29 is 9.53 Å². The number of nitrogens with one attached hydrogen (secondary N) is 1. The molecule has 1 aliphatic heterocycles. The van der Waals surface area contributed by atoms with Gasteiger partial charge in [-0.3, -0.25) is 4.79 Å². The fraction of sp³-hybridized carbons (Fsp3) is 0.0556. The van der Waals surface area contributed by atoms with Gasteiger partial charge < -0.3 is 10.1 Å². The van der Waals surface area contributed by atoms with Gasteiger partial charge in [0.1, 0.15) is 12.6 Å². The lowest BCUT2D eigenvalue weighted by Gasteiger charge is -2.19. The lowest BCUT2D eigenvalue weighted by molar-refractivity contribution is 0.102.